The number of hydrogen-bond donors (Lipinski definition) is 2. The van der Waals surface area contributed by atoms with Crippen LogP contribution in [0.2, 0.25) is 0 Å². The van der Waals surface area contributed by atoms with Crippen molar-refractivity contribution in [3.8, 4) is 5.75 Å². The number of nitro groups is 1. The molecule has 0 heterocycles. The van der Waals surface area contributed by atoms with E-state index in [1.807, 2.05) is 4.72 Å². The third-order valence-corrected chi connectivity index (χ3v) is 3.69. The predicted molar refractivity (Wildman–Crippen MR) is 66.8 cm³/mol. The highest BCUT2D eigenvalue weighted by Crippen LogP contribution is 2.27. The maximum absolute atomic E-state index is 11.8. The van der Waals surface area contributed by atoms with Crippen molar-refractivity contribution in [1.82, 2.24) is 4.72 Å². The van der Waals surface area contributed by atoms with Crippen molar-refractivity contribution < 1.29 is 32.0 Å². The lowest BCUT2D eigenvalue weighted by Crippen LogP contribution is -2.28. The molecule has 0 amide bonds. The minimum absolute atomic E-state index is 0.274. The van der Waals surface area contributed by atoms with Crippen LogP contribution >= 0.6 is 0 Å². The lowest BCUT2D eigenvalue weighted by Gasteiger charge is -2.07. The molecular weight excluding hydrogens is 314 g/mol. The minimum atomic E-state index is -4.07. The molecule has 0 radical (unpaired) electrons. The fourth-order valence-electron chi connectivity index (χ4n) is 1.32. The van der Waals surface area contributed by atoms with Gasteiger partial charge < -0.3 is 9.84 Å². The van der Waals surface area contributed by atoms with Crippen LogP contribution in [0.3, 0.4) is 0 Å². The van der Waals surface area contributed by atoms with Crippen LogP contribution in [0.5, 0.6) is 5.75 Å². The van der Waals surface area contributed by atoms with Gasteiger partial charge in [0.25, 0.3) is 6.43 Å². The Morgan fingerprint density at radius 3 is 2.67 bits per heavy atom. The van der Waals surface area contributed by atoms with Gasteiger partial charge in [-0.1, -0.05) is 0 Å². The SMILES string of the molecule is O=[N+]([O-])c1cc(S(=O)(=O)NCCOCC(F)F)ccc1O. The molecule has 1 aromatic rings. The van der Waals surface area contributed by atoms with E-state index >= 15 is 0 Å². The average molecular weight is 326 g/mol. The zero-order chi connectivity index (χ0) is 16.0. The molecule has 0 aliphatic rings. The Labute approximate surface area is 118 Å². The van der Waals surface area contributed by atoms with Crippen LogP contribution in [0.1, 0.15) is 0 Å². The number of phenolic OH excluding ortho intramolecular Hbond substituents is 1. The maximum Gasteiger partial charge on any atom is 0.312 e. The first-order valence-corrected chi connectivity index (χ1v) is 7.05. The summed E-state index contributed by atoms with van der Waals surface area (Å²) in [6, 6.07) is 2.54. The summed E-state index contributed by atoms with van der Waals surface area (Å²) in [7, 11) is -4.07. The summed E-state index contributed by atoms with van der Waals surface area (Å²) in [5, 5.41) is 19.8. The third-order valence-electron chi connectivity index (χ3n) is 2.24. The highest BCUT2D eigenvalue weighted by atomic mass is 32.2. The Kier molecular flexibility index (Phi) is 5.93. The van der Waals surface area contributed by atoms with Gasteiger partial charge in [-0.2, -0.15) is 0 Å². The van der Waals surface area contributed by atoms with Gasteiger partial charge in [0.05, 0.1) is 16.4 Å². The molecule has 0 unspecified atom stereocenters. The van der Waals surface area contributed by atoms with Crippen molar-refractivity contribution in [3.63, 3.8) is 0 Å². The maximum atomic E-state index is 11.8. The van der Waals surface area contributed by atoms with Crippen LogP contribution < -0.4 is 4.72 Å². The second-order valence-corrected chi connectivity index (χ2v) is 5.54. The van der Waals surface area contributed by atoms with Crippen molar-refractivity contribution in [2.75, 3.05) is 19.8 Å². The fourth-order valence-corrected chi connectivity index (χ4v) is 2.35. The molecule has 0 fully saturated rings. The molecule has 118 valence electrons. The number of phenols is 1. The second-order valence-electron chi connectivity index (χ2n) is 3.77. The van der Waals surface area contributed by atoms with E-state index in [0.29, 0.717) is 6.07 Å². The first-order valence-electron chi connectivity index (χ1n) is 5.57. The molecule has 1 aromatic carbocycles. The fraction of sp³-hybridized carbons (Fsp3) is 0.400. The largest absolute Gasteiger partial charge is 0.502 e. The van der Waals surface area contributed by atoms with Crippen molar-refractivity contribution in [2.24, 2.45) is 0 Å². The second kappa shape index (κ2) is 7.24. The van der Waals surface area contributed by atoms with Crippen LogP contribution in [0.25, 0.3) is 0 Å². The van der Waals surface area contributed by atoms with Crippen molar-refractivity contribution in [1.29, 1.82) is 0 Å². The summed E-state index contributed by atoms with van der Waals surface area (Å²) in [5.41, 5.74) is -0.758. The van der Waals surface area contributed by atoms with Crippen LogP contribution in [0.4, 0.5) is 14.5 Å². The first kappa shape index (κ1) is 17.2. The van der Waals surface area contributed by atoms with Crippen molar-refractivity contribution in [2.45, 2.75) is 11.3 Å². The van der Waals surface area contributed by atoms with E-state index < -0.39 is 44.3 Å². The van der Waals surface area contributed by atoms with E-state index in [2.05, 4.69) is 4.74 Å². The van der Waals surface area contributed by atoms with E-state index in [1.165, 1.54) is 0 Å². The van der Waals surface area contributed by atoms with E-state index in [9.17, 15) is 32.4 Å². The molecule has 1 rings (SSSR count). The number of ether oxygens (including phenoxy) is 1. The van der Waals surface area contributed by atoms with Gasteiger partial charge in [-0.15, -0.1) is 0 Å². The number of hydrogen-bond acceptors (Lipinski definition) is 6. The summed E-state index contributed by atoms with van der Waals surface area (Å²) in [5.74, 6) is -0.667. The average Bonchev–Trinajstić information content (AvgIpc) is 2.37. The van der Waals surface area contributed by atoms with Crippen LogP contribution in [-0.4, -0.2) is 44.6 Å². The van der Waals surface area contributed by atoms with Gasteiger partial charge in [-0.3, -0.25) is 10.1 Å². The van der Waals surface area contributed by atoms with Gasteiger partial charge in [0.2, 0.25) is 10.0 Å². The number of nitrogens with one attached hydrogen (secondary N) is 1. The summed E-state index contributed by atoms with van der Waals surface area (Å²) in [4.78, 5) is 9.24. The molecule has 8 nitrogen and oxygen atoms in total. The van der Waals surface area contributed by atoms with Crippen molar-refractivity contribution >= 4 is 15.7 Å². The van der Waals surface area contributed by atoms with E-state index in [0.717, 1.165) is 12.1 Å². The predicted octanol–water partition coefficient (Wildman–Crippen LogP) is 0.860. The van der Waals surface area contributed by atoms with E-state index in [1.54, 1.807) is 0 Å². The quantitative estimate of drug-likeness (QED) is 0.415. The Morgan fingerprint density at radius 2 is 2.10 bits per heavy atom. The number of rotatable bonds is 8. The Balaban J connectivity index is 2.70. The zero-order valence-corrected chi connectivity index (χ0v) is 11.3. The Hall–Kier alpha value is -1.85. The number of halogens is 2. The van der Waals surface area contributed by atoms with Crippen molar-refractivity contribution in [3.05, 3.63) is 28.3 Å². The summed E-state index contributed by atoms with van der Waals surface area (Å²) < 4.78 is 53.6. The molecule has 2 N–H and O–H groups in total. The molecule has 0 saturated heterocycles. The number of sulfonamides is 1. The number of aromatic hydroxyl groups is 1. The standard InChI is InChI=1S/C10H12F2N2O6S/c11-10(12)6-20-4-3-13-21(18,19)7-1-2-9(15)8(5-7)14(16)17/h1-2,5,10,13,15H,3-4,6H2. The smallest absolute Gasteiger partial charge is 0.312 e. The van der Waals surface area contributed by atoms with Crippen LogP contribution in [0, 0.1) is 10.1 Å². The molecule has 0 aromatic heterocycles. The molecular formula is C10H12F2N2O6S. The van der Waals surface area contributed by atoms with Gasteiger partial charge in [0.15, 0.2) is 5.75 Å². The highest BCUT2D eigenvalue weighted by Gasteiger charge is 2.20. The van der Waals surface area contributed by atoms with Crippen LogP contribution in [-0.2, 0) is 14.8 Å². The van der Waals surface area contributed by atoms with Gasteiger partial charge in [0.1, 0.15) is 6.61 Å². The highest BCUT2D eigenvalue weighted by molar-refractivity contribution is 7.89. The summed E-state index contributed by atoms with van der Waals surface area (Å²) >= 11 is 0. The van der Waals surface area contributed by atoms with Crippen LogP contribution in [0.15, 0.2) is 23.1 Å². The van der Waals surface area contributed by atoms with E-state index in [-0.39, 0.29) is 13.2 Å². The lowest BCUT2D eigenvalue weighted by atomic mass is 10.3. The van der Waals surface area contributed by atoms with E-state index in [4.69, 9.17) is 0 Å². The number of benzene rings is 1. The first-order chi connectivity index (χ1) is 9.74. The van der Waals surface area contributed by atoms with Gasteiger partial charge in [-0.05, 0) is 12.1 Å². The molecule has 0 atom stereocenters. The molecule has 0 saturated carbocycles. The third kappa shape index (κ3) is 5.21. The summed E-state index contributed by atoms with van der Waals surface area (Å²) in [6.45, 7) is -1.36. The lowest BCUT2D eigenvalue weighted by molar-refractivity contribution is -0.386. The molecule has 0 bridgehead atoms. The molecule has 0 aliphatic carbocycles. The molecule has 21 heavy (non-hydrogen) atoms. The summed E-state index contributed by atoms with van der Waals surface area (Å²) in [6.07, 6.45) is -2.65. The Morgan fingerprint density at radius 1 is 1.43 bits per heavy atom. The van der Waals surface area contributed by atoms with Gasteiger partial charge in [-0.25, -0.2) is 21.9 Å². The minimum Gasteiger partial charge on any atom is -0.502 e. The Bertz CT molecular complexity index is 608. The zero-order valence-electron chi connectivity index (χ0n) is 10.5. The van der Waals surface area contributed by atoms with Gasteiger partial charge in [0, 0.05) is 12.6 Å². The number of nitro benzene ring substituents is 1. The monoisotopic (exact) mass is 326 g/mol. The topological polar surface area (TPSA) is 119 Å². The number of nitrogens with zero attached hydrogens (tertiary/aromatic N) is 1. The molecule has 0 spiro atoms. The molecule has 11 heteroatoms. The number of alkyl halides is 2. The normalized spacial score (nSPS) is 11.8. The molecule has 0 aliphatic heterocycles. The van der Waals surface area contributed by atoms with Gasteiger partial charge >= 0.3 is 5.69 Å².